The number of nitrogens with zero attached hydrogens (tertiary/aromatic N) is 3. The number of aromatic hydroxyl groups is 1. The number of likely N-dealkylation sites (tertiary alicyclic amines) is 1. The first-order valence-electron chi connectivity index (χ1n) is 10.5. The number of hydrogen-bond acceptors (Lipinski definition) is 6. The number of aromatic nitrogens is 2. The second kappa shape index (κ2) is 8.89. The van der Waals surface area contributed by atoms with E-state index in [2.05, 4.69) is 0 Å². The van der Waals surface area contributed by atoms with Gasteiger partial charge in [0.15, 0.2) is 11.5 Å². The van der Waals surface area contributed by atoms with Gasteiger partial charge in [-0.3, -0.25) is 13.9 Å². The number of amides is 1. The van der Waals surface area contributed by atoms with Gasteiger partial charge in [0.05, 0.1) is 31.7 Å². The fraction of sp³-hybridized carbons (Fsp3) is 0.348. The van der Waals surface area contributed by atoms with Crippen molar-refractivity contribution in [1.29, 1.82) is 0 Å². The van der Waals surface area contributed by atoms with Gasteiger partial charge in [0.25, 0.3) is 5.56 Å². The van der Waals surface area contributed by atoms with Crippen molar-refractivity contribution in [2.45, 2.75) is 25.4 Å². The maximum Gasteiger partial charge on any atom is 0.407 e. The van der Waals surface area contributed by atoms with Gasteiger partial charge in [-0.1, -0.05) is 6.07 Å². The number of carboxylic acid groups (broad SMARTS) is 1. The van der Waals surface area contributed by atoms with E-state index in [1.807, 2.05) is 0 Å². The molecule has 10 nitrogen and oxygen atoms in total. The molecule has 1 amide bonds. The van der Waals surface area contributed by atoms with Crippen molar-refractivity contribution in [2.75, 3.05) is 27.3 Å². The number of carbonyl (C=O) groups is 1. The lowest BCUT2D eigenvalue weighted by molar-refractivity contribution is 0.125. The number of phenolic OH excluding ortho intramolecular Hbond substituents is 1. The summed E-state index contributed by atoms with van der Waals surface area (Å²) in [4.78, 5) is 39.4. The zero-order valence-electron chi connectivity index (χ0n) is 18.4. The summed E-state index contributed by atoms with van der Waals surface area (Å²) in [6, 6.07) is 9.21. The van der Waals surface area contributed by atoms with Crippen molar-refractivity contribution in [2.24, 2.45) is 0 Å². The number of rotatable bonds is 5. The molecule has 0 unspecified atom stereocenters. The van der Waals surface area contributed by atoms with Gasteiger partial charge in [0.1, 0.15) is 5.75 Å². The minimum Gasteiger partial charge on any atom is -0.508 e. The molecule has 0 spiro atoms. The summed E-state index contributed by atoms with van der Waals surface area (Å²) in [6.07, 6.45) is -0.109. The van der Waals surface area contributed by atoms with Crippen LogP contribution >= 0.6 is 0 Å². The molecule has 2 N–H and O–H groups in total. The van der Waals surface area contributed by atoms with Gasteiger partial charge < -0.3 is 24.6 Å². The lowest BCUT2D eigenvalue weighted by atomic mass is 10.0. The Morgan fingerprint density at radius 1 is 1.03 bits per heavy atom. The molecule has 0 radical (unpaired) electrons. The molecule has 1 fully saturated rings. The van der Waals surface area contributed by atoms with Crippen LogP contribution in [0.1, 0.15) is 24.4 Å². The number of piperidine rings is 1. The first-order chi connectivity index (χ1) is 15.8. The zero-order chi connectivity index (χ0) is 23.7. The van der Waals surface area contributed by atoms with Gasteiger partial charge >= 0.3 is 11.8 Å². The van der Waals surface area contributed by atoms with Crippen LogP contribution in [0.4, 0.5) is 4.79 Å². The molecule has 0 saturated carbocycles. The highest BCUT2D eigenvalue weighted by atomic mass is 16.5. The first kappa shape index (κ1) is 22.3. The predicted octanol–water partition coefficient (Wildman–Crippen LogP) is 2.25. The number of fused-ring (bicyclic) bond motifs is 1. The Bertz CT molecular complexity index is 1320. The lowest BCUT2D eigenvalue weighted by Crippen LogP contribution is -2.45. The fourth-order valence-corrected chi connectivity index (χ4v) is 4.34. The van der Waals surface area contributed by atoms with Crippen molar-refractivity contribution < 1.29 is 24.5 Å². The molecule has 1 aromatic heterocycles. The quantitative estimate of drug-likeness (QED) is 0.605. The molecule has 3 aromatic rings. The van der Waals surface area contributed by atoms with Gasteiger partial charge in [-0.25, -0.2) is 9.59 Å². The van der Waals surface area contributed by atoms with Crippen molar-refractivity contribution in [3.05, 3.63) is 62.8 Å². The van der Waals surface area contributed by atoms with E-state index in [0.717, 1.165) is 4.57 Å². The molecule has 1 aliphatic heterocycles. The molecular formula is C23H25N3O7. The van der Waals surface area contributed by atoms with Crippen molar-refractivity contribution in [3.63, 3.8) is 0 Å². The van der Waals surface area contributed by atoms with Crippen LogP contribution in [-0.2, 0) is 6.54 Å². The molecule has 0 atom stereocenters. The van der Waals surface area contributed by atoms with Gasteiger partial charge in [0, 0.05) is 19.1 Å². The van der Waals surface area contributed by atoms with Gasteiger partial charge in [-0.15, -0.1) is 0 Å². The highest BCUT2D eigenvalue weighted by molar-refractivity contribution is 5.79. The maximum absolute atomic E-state index is 13.6. The van der Waals surface area contributed by atoms with Crippen LogP contribution in [0.25, 0.3) is 10.9 Å². The van der Waals surface area contributed by atoms with E-state index in [1.54, 1.807) is 28.8 Å². The van der Waals surface area contributed by atoms with Gasteiger partial charge in [0.2, 0.25) is 0 Å². The van der Waals surface area contributed by atoms with E-state index in [0.29, 0.717) is 48.5 Å². The Labute approximate surface area is 188 Å². The average molecular weight is 455 g/mol. The standard InChI is InChI=1S/C23H25N3O7/c1-32-19-6-3-14(11-20(19)33-2)13-25-21(28)17-12-16(27)4-5-18(17)26(22(25)29)15-7-9-24(10-8-15)23(30)31/h3-6,11-12,15,27H,7-10,13H2,1-2H3,(H,30,31). The monoisotopic (exact) mass is 455 g/mol. The fourth-order valence-electron chi connectivity index (χ4n) is 4.34. The number of hydrogen-bond donors (Lipinski definition) is 2. The van der Waals surface area contributed by atoms with E-state index in [9.17, 15) is 24.6 Å². The molecule has 33 heavy (non-hydrogen) atoms. The Kier molecular flexibility index (Phi) is 5.99. The molecule has 10 heteroatoms. The van der Waals surface area contributed by atoms with Crippen LogP contribution < -0.4 is 20.7 Å². The Morgan fingerprint density at radius 2 is 1.73 bits per heavy atom. The summed E-state index contributed by atoms with van der Waals surface area (Å²) in [5.74, 6) is 0.922. The first-order valence-corrected chi connectivity index (χ1v) is 10.5. The summed E-state index contributed by atoms with van der Waals surface area (Å²) < 4.78 is 13.3. The topological polar surface area (TPSA) is 123 Å². The van der Waals surface area contributed by atoms with Crippen molar-refractivity contribution in [1.82, 2.24) is 14.0 Å². The van der Waals surface area contributed by atoms with E-state index in [1.165, 1.54) is 31.3 Å². The third-order valence-corrected chi connectivity index (χ3v) is 6.04. The van der Waals surface area contributed by atoms with Crippen molar-refractivity contribution in [3.8, 4) is 17.2 Å². The number of ether oxygens (including phenoxy) is 2. The van der Waals surface area contributed by atoms with Crippen LogP contribution in [0.5, 0.6) is 17.2 Å². The third-order valence-electron chi connectivity index (χ3n) is 6.04. The molecule has 0 bridgehead atoms. The van der Waals surface area contributed by atoms with Crippen LogP contribution in [0.3, 0.4) is 0 Å². The normalized spacial score (nSPS) is 14.4. The highest BCUT2D eigenvalue weighted by Gasteiger charge is 2.27. The van der Waals surface area contributed by atoms with Gasteiger partial charge in [-0.05, 0) is 48.7 Å². The average Bonchev–Trinajstić information content (AvgIpc) is 2.82. The molecule has 174 valence electrons. The van der Waals surface area contributed by atoms with Crippen LogP contribution in [0.2, 0.25) is 0 Å². The summed E-state index contributed by atoms with van der Waals surface area (Å²) in [5.41, 5.74) is 0.0837. The lowest BCUT2D eigenvalue weighted by Gasteiger charge is -2.32. The number of benzene rings is 2. The Balaban J connectivity index is 1.83. The minimum absolute atomic E-state index is 0.00239. The highest BCUT2D eigenvalue weighted by Crippen LogP contribution is 2.28. The van der Waals surface area contributed by atoms with E-state index in [-0.39, 0.29) is 23.7 Å². The minimum atomic E-state index is -0.992. The number of methoxy groups -OCH3 is 2. The molecule has 1 aliphatic rings. The van der Waals surface area contributed by atoms with Crippen LogP contribution in [0, 0.1) is 0 Å². The van der Waals surface area contributed by atoms with E-state index < -0.39 is 17.3 Å². The molecule has 2 aromatic carbocycles. The summed E-state index contributed by atoms with van der Waals surface area (Å²) in [6.45, 7) is 0.583. The Morgan fingerprint density at radius 3 is 2.36 bits per heavy atom. The largest absolute Gasteiger partial charge is 0.508 e. The van der Waals surface area contributed by atoms with Crippen molar-refractivity contribution >= 4 is 17.0 Å². The smallest absolute Gasteiger partial charge is 0.407 e. The molecule has 2 heterocycles. The summed E-state index contributed by atoms with van der Waals surface area (Å²) in [5, 5.41) is 19.4. The molecular weight excluding hydrogens is 430 g/mol. The summed E-state index contributed by atoms with van der Waals surface area (Å²) in [7, 11) is 3.02. The third kappa shape index (κ3) is 4.11. The zero-order valence-corrected chi connectivity index (χ0v) is 18.4. The SMILES string of the molecule is COc1ccc(Cn2c(=O)c3cc(O)ccc3n(C3CCN(C(=O)O)CC3)c2=O)cc1OC. The predicted molar refractivity (Wildman–Crippen MR) is 121 cm³/mol. The van der Waals surface area contributed by atoms with E-state index in [4.69, 9.17) is 9.47 Å². The molecule has 0 aliphatic carbocycles. The molecule has 4 rings (SSSR count). The Hall–Kier alpha value is -3.95. The maximum atomic E-state index is 13.6. The second-order valence-corrected chi connectivity index (χ2v) is 7.94. The second-order valence-electron chi connectivity index (χ2n) is 7.94. The van der Waals surface area contributed by atoms with Gasteiger partial charge in [-0.2, -0.15) is 0 Å². The van der Waals surface area contributed by atoms with Crippen LogP contribution in [0.15, 0.2) is 46.0 Å². The molecule has 1 saturated heterocycles. The van der Waals surface area contributed by atoms with Crippen LogP contribution in [-0.4, -0.2) is 57.6 Å². The summed E-state index contributed by atoms with van der Waals surface area (Å²) >= 11 is 0. The number of phenols is 1. The van der Waals surface area contributed by atoms with E-state index >= 15 is 0 Å².